The van der Waals surface area contributed by atoms with Gasteiger partial charge in [0.25, 0.3) is 5.91 Å². The molecule has 1 heterocycles. The summed E-state index contributed by atoms with van der Waals surface area (Å²) in [4.78, 5) is 16.7. The fraction of sp³-hybridized carbons (Fsp3) is 0.500. The van der Waals surface area contributed by atoms with Crippen molar-refractivity contribution in [2.24, 2.45) is 11.8 Å². The summed E-state index contributed by atoms with van der Waals surface area (Å²) in [5, 5.41) is 20.4. The highest BCUT2D eigenvalue weighted by Gasteiger charge is 2.56. The number of hydrogen-bond acceptors (Lipinski definition) is 4. The Bertz CT molecular complexity index is 1340. The largest absolute Gasteiger partial charge is 0.416 e. The van der Waals surface area contributed by atoms with Crippen molar-refractivity contribution in [1.82, 2.24) is 4.90 Å². The maximum Gasteiger partial charge on any atom is 0.416 e. The van der Waals surface area contributed by atoms with E-state index in [1.54, 1.807) is 32.0 Å². The zero-order valence-electron chi connectivity index (χ0n) is 23.1. The quantitative estimate of drug-likeness (QED) is 0.422. The number of carbonyl (C=O) groups is 1. The summed E-state index contributed by atoms with van der Waals surface area (Å²) < 4.78 is 41.3. The van der Waals surface area contributed by atoms with Gasteiger partial charge in [-0.05, 0) is 81.9 Å². The topological polar surface area (TPSA) is 67.6 Å². The van der Waals surface area contributed by atoms with Gasteiger partial charge < -0.3 is 5.11 Å². The van der Waals surface area contributed by atoms with Crippen molar-refractivity contribution in [3.05, 3.63) is 76.5 Å². The van der Waals surface area contributed by atoms with E-state index in [0.29, 0.717) is 11.6 Å². The molecule has 212 valence electrons. The van der Waals surface area contributed by atoms with Crippen molar-refractivity contribution in [2.45, 2.75) is 76.6 Å². The van der Waals surface area contributed by atoms with Crippen LogP contribution in [0.4, 0.5) is 18.9 Å². The Morgan fingerprint density at radius 1 is 1.10 bits per heavy atom. The number of benzene rings is 2. The van der Waals surface area contributed by atoms with Crippen molar-refractivity contribution in [1.29, 1.82) is 5.26 Å². The van der Waals surface area contributed by atoms with Gasteiger partial charge in [0.05, 0.1) is 22.9 Å². The van der Waals surface area contributed by atoms with Crippen LogP contribution in [0.2, 0.25) is 0 Å². The average molecular weight is 552 g/mol. The Hall–Kier alpha value is -3.15. The van der Waals surface area contributed by atoms with Crippen molar-refractivity contribution in [3.63, 3.8) is 0 Å². The predicted octanol–water partition coefficient (Wildman–Crippen LogP) is 6.58. The molecule has 0 saturated heterocycles. The lowest BCUT2D eigenvalue weighted by Gasteiger charge is -2.37. The summed E-state index contributed by atoms with van der Waals surface area (Å²) in [6.07, 6.45) is 6.74. The van der Waals surface area contributed by atoms with Gasteiger partial charge in [0.2, 0.25) is 0 Å². The van der Waals surface area contributed by atoms with Crippen molar-refractivity contribution >= 4 is 11.6 Å². The number of alkyl halides is 3. The molecule has 1 unspecified atom stereocenters. The second kappa shape index (κ2) is 10.7. The summed E-state index contributed by atoms with van der Waals surface area (Å²) in [6, 6.07) is 9.18. The summed E-state index contributed by atoms with van der Waals surface area (Å²) >= 11 is 0. The fourth-order valence-electron chi connectivity index (χ4n) is 5.92. The Kier molecular flexibility index (Phi) is 7.58. The lowest BCUT2D eigenvalue weighted by atomic mass is 9.81. The molecule has 40 heavy (non-hydrogen) atoms. The SMILES string of the molecule is C1CC(N(CC2CC2)CC2CC2)C1.C=CN1C(=O)C(O)(c2ccc(C)cc2C)c2c1cc(C#N)cc2C(F)(F)F. The van der Waals surface area contributed by atoms with E-state index in [4.69, 9.17) is 5.26 Å². The van der Waals surface area contributed by atoms with Crippen LogP contribution in [0, 0.1) is 37.0 Å². The molecule has 0 spiro atoms. The molecular weight excluding hydrogens is 515 g/mol. The van der Waals surface area contributed by atoms with E-state index < -0.39 is 28.8 Å². The fourth-order valence-corrected chi connectivity index (χ4v) is 5.92. The minimum atomic E-state index is -4.87. The smallest absolute Gasteiger partial charge is 0.372 e. The standard InChI is InChI=1S/C20H15F3N2O2.C12H21N/c1-4-25-16-9-13(10-24)8-15(20(21,22)23)17(16)19(27,18(25)26)14-6-5-11(2)7-12(14)3;1-2-12(3-1)13(8-10-4-5-10)9-11-6-7-11/h4-9,27H,1H2,2-3H3;10-12H,1-9H2. The van der Waals surface area contributed by atoms with E-state index in [-0.39, 0.29) is 16.8 Å². The number of aliphatic hydroxyl groups is 1. The lowest BCUT2D eigenvalue weighted by Crippen LogP contribution is -2.42. The Morgan fingerprint density at radius 2 is 1.73 bits per heavy atom. The Labute approximate surface area is 233 Å². The van der Waals surface area contributed by atoms with Gasteiger partial charge in [-0.3, -0.25) is 14.6 Å². The van der Waals surface area contributed by atoms with Gasteiger partial charge >= 0.3 is 6.18 Å². The number of halogens is 3. The molecule has 1 N–H and O–H groups in total. The van der Waals surface area contributed by atoms with Gasteiger partial charge in [-0.2, -0.15) is 18.4 Å². The third-order valence-corrected chi connectivity index (χ3v) is 8.63. The summed E-state index contributed by atoms with van der Waals surface area (Å²) in [7, 11) is 0. The van der Waals surface area contributed by atoms with Crippen LogP contribution in [0.25, 0.3) is 0 Å². The van der Waals surface area contributed by atoms with Crippen molar-refractivity contribution in [2.75, 3.05) is 18.0 Å². The molecule has 3 fully saturated rings. The monoisotopic (exact) mass is 551 g/mol. The molecule has 1 atom stereocenters. The van der Waals surface area contributed by atoms with Gasteiger partial charge in [-0.15, -0.1) is 0 Å². The van der Waals surface area contributed by atoms with Crippen LogP contribution in [0.1, 0.15) is 78.3 Å². The first-order chi connectivity index (χ1) is 19.0. The molecule has 0 aromatic heterocycles. The zero-order valence-corrected chi connectivity index (χ0v) is 23.1. The first kappa shape index (κ1) is 28.4. The first-order valence-electron chi connectivity index (χ1n) is 14.1. The molecule has 3 saturated carbocycles. The molecule has 5 nitrogen and oxygen atoms in total. The summed E-state index contributed by atoms with van der Waals surface area (Å²) in [5.74, 6) is 1.22. The van der Waals surface area contributed by atoms with Crippen LogP contribution in [0.5, 0.6) is 0 Å². The highest BCUT2D eigenvalue weighted by atomic mass is 19.4. The van der Waals surface area contributed by atoms with E-state index in [9.17, 15) is 23.1 Å². The number of nitrogens with zero attached hydrogens (tertiary/aromatic N) is 3. The molecule has 1 amide bonds. The molecule has 1 aliphatic heterocycles. The number of aryl methyl sites for hydroxylation is 2. The minimum absolute atomic E-state index is 0.0545. The highest BCUT2D eigenvalue weighted by molar-refractivity contribution is 6.11. The van der Waals surface area contributed by atoms with E-state index in [1.165, 1.54) is 64.1 Å². The number of amides is 1. The maximum absolute atomic E-state index is 13.8. The zero-order chi connectivity index (χ0) is 28.8. The second-order valence-corrected chi connectivity index (χ2v) is 11.8. The van der Waals surface area contributed by atoms with Crippen molar-refractivity contribution in [3.8, 4) is 6.07 Å². The Morgan fingerprint density at radius 3 is 2.17 bits per heavy atom. The number of rotatable bonds is 7. The van der Waals surface area contributed by atoms with Crippen LogP contribution in [0.3, 0.4) is 0 Å². The molecule has 0 bridgehead atoms. The molecule has 0 radical (unpaired) electrons. The second-order valence-electron chi connectivity index (χ2n) is 11.8. The third kappa shape index (κ3) is 5.42. The highest BCUT2D eigenvalue weighted by Crippen LogP contribution is 2.51. The van der Waals surface area contributed by atoms with E-state index >= 15 is 0 Å². The molecule has 3 aliphatic carbocycles. The van der Waals surface area contributed by atoms with Gasteiger partial charge in [-0.1, -0.05) is 36.8 Å². The minimum Gasteiger partial charge on any atom is -0.372 e. The number of fused-ring (bicyclic) bond motifs is 1. The van der Waals surface area contributed by atoms with Crippen LogP contribution in [-0.2, 0) is 16.6 Å². The number of carbonyl (C=O) groups excluding carboxylic acids is 1. The molecule has 2 aromatic carbocycles. The van der Waals surface area contributed by atoms with Crippen LogP contribution >= 0.6 is 0 Å². The van der Waals surface area contributed by atoms with E-state index in [2.05, 4.69) is 11.5 Å². The van der Waals surface area contributed by atoms with E-state index in [0.717, 1.165) is 40.6 Å². The van der Waals surface area contributed by atoms with Gasteiger partial charge in [0, 0.05) is 36.5 Å². The van der Waals surface area contributed by atoms with Crippen molar-refractivity contribution < 1.29 is 23.1 Å². The molecule has 2 aromatic rings. The Balaban J connectivity index is 0.000000204. The van der Waals surface area contributed by atoms with Gasteiger partial charge in [0.1, 0.15) is 0 Å². The molecule has 6 rings (SSSR count). The summed E-state index contributed by atoms with van der Waals surface area (Å²) in [5.41, 5.74) is -3.47. The number of nitriles is 1. The van der Waals surface area contributed by atoms with Crippen LogP contribution in [-0.4, -0.2) is 35.0 Å². The molecule has 8 heteroatoms. The normalized spacial score (nSPS) is 22.4. The first-order valence-corrected chi connectivity index (χ1v) is 14.1. The number of anilines is 1. The van der Waals surface area contributed by atoms with Gasteiger partial charge in [-0.25, -0.2) is 0 Å². The lowest BCUT2D eigenvalue weighted by molar-refractivity contribution is -0.142. The van der Waals surface area contributed by atoms with Crippen LogP contribution < -0.4 is 4.90 Å². The average Bonchev–Trinajstić information content (AvgIpc) is 3.79. The molecular formula is C32H36F3N3O2. The third-order valence-electron chi connectivity index (χ3n) is 8.63. The maximum atomic E-state index is 13.8. The van der Waals surface area contributed by atoms with Gasteiger partial charge in [0.15, 0.2) is 5.60 Å². The molecule has 4 aliphatic rings. The van der Waals surface area contributed by atoms with Crippen LogP contribution in [0.15, 0.2) is 43.1 Å². The number of hydrogen-bond donors (Lipinski definition) is 1. The summed E-state index contributed by atoms with van der Waals surface area (Å²) in [6.45, 7) is 9.76. The van der Waals surface area contributed by atoms with E-state index in [1.807, 2.05) is 0 Å². The predicted molar refractivity (Wildman–Crippen MR) is 147 cm³/mol.